The van der Waals surface area contributed by atoms with E-state index in [2.05, 4.69) is 29.2 Å². The number of hydrogen-bond acceptors (Lipinski definition) is 4. The average molecular weight is 370 g/mol. The smallest absolute Gasteiger partial charge is 0.252 e. The van der Waals surface area contributed by atoms with Crippen molar-refractivity contribution >= 4 is 16.9 Å². The maximum Gasteiger partial charge on any atom is 0.252 e. The third-order valence-electron chi connectivity index (χ3n) is 6.06. The summed E-state index contributed by atoms with van der Waals surface area (Å²) in [6.45, 7) is 9.44. The zero-order valence-electron chi connectivity index (χ0n) is 17.0. The molecule has 1 amide bonds. The van der Waals surface area contributed by atoms with E-state index in [9.17, 15) is 4.79 Å². The molecule has 0 bridgehead atoms. The summed E-state index contributed by atoms with van der Waals surface area (Å²) < 4.78 is 1.80. The average Bonchev–Trinajstić information content (AvgIpc) is 3.46. The Morgan fingerprint density at radius 1 is 1.33 bits per heavy atom. The molecule has 1 aliphatic heterocycles. The minimum atomic E-state index is 0.0158. The summed E-state index contributed by atoms with van der Waals surface area (Å²) >= 11 is 0. The Balaban J connectivity index is 1.54. The van der Waals surface area contributed by atoms with E-state index in [1.54, 1.807) is 4.68 Å². The van der Waals surface area contributed by atoms with Gasteiger partial charge in [0.15, 0.2) is 5.65 Å². The number of carbonyl (C=O) groups is 1. The van der Waals surface area contributed by atoms with Gasteiger partial charge in [0.1, 0.15) is 0 Å². The number of hydrogen-bond donors (Lipinski definition) is 1. The van der Waals surface area contributed by atoms with Gasteiger partial charge in [-0.1, -0.05) is 0 Å². The van der Waals surface area contributed by atoms with Gasteiger partial charge in [0, 0.05) is 37.8 Å². The summed E-state index contributed by atoms with van der Waals surface area (Å²) in [5.41, 5.74) is 3.48. The molecule has 146 valence electrons. The number of nitrogens with one attached hydrogen (secondary N) is 1. The Morgan fingerprint density at radius 2 is 2.11 bits per heavy atom. The highest BCUT2D eigenvalue weighted by molar-refractivity contribution is 6.06. The molecule has 6 heteroatoms. The Morgan fingerprint density at radius 3 is 2.81 bits per heavy atom. The molecule has 2 aliphatic rings. The van der Waals surface area contributed by atoms with Crippen molar-refractivity contribution in [1.29, 1.82) is 0 Å². The van der Waals surface area contributed by atoms with Gasteiger partial charge in [-0.25, -0.2) is 4.98 Å². The summed E-state index contributed by atoms with van der Waals surface area (Å²) in [6.07, 6.45) is 4.74. The predicted molar refractivity (Wildman–Crippen MR) is 107 cm³/mol. The molecule has 2 aromatic rings. The third kappa shape index (κ3) is 3.72. The lowest BCUT2D eigenvalue weighted by Gasteiger charge is -2.35. The molecular formula is C21H31N5O. The maximum absolute atomic E-state index is 13.1. The van der Waals surface area contributed by atoms with Crippen molar-refractivity contribution in [3.63, 3.8) is 0 Å². The Labute approximate surface area is 161 Å². The number of amides is 1. The highest BCUT2D eigenvalue weighted by Gasteiger charge is 2.29. The van der Waals surface area contributed by atoms with Gasteiger partial charge in [0.2, 0.25) is 0 Å². The minimum Gasteiger partial charge on any atom is -0.352 e. The zero-order chi connectivity index (χ0) is 19.1. The number of pyridine rings is 1. The highest BCUT2D eigenvalue weighted by Crippen LogP contribution is 2.40. The molecule has 6 nitrogen and oxygen atoms in total. The molecule has 4 rings (SSSR count). The van der Waals surface area contributed by atoms with Gasteiger partial charge in [-0.3, -0.25) is 9.48 Å². The summed E-state index contributed by atoms with van der Waals surface area (Å²) in [6, 6.07) is 2.58. The normalized spacial score (nSPS) is 21.1. The molecule has 2 fully saturated rings. The fourth-order valence-corrected chi connectivity index (χ4v) is 4.30. The number of rotatable bonds is 5. The topological polar surface area (TPSA) is 63.1 Å². The van der Waals surface area contributed by atoms with Crippen LogP contribution in [-0.4, -0.2) is 51.2 Å². The summed E-state index contributed by atoms with van der Waals surface area (Å²) in [5.74, 6) is 1.05. The SMILES string of the molecule is Cc1nn(C)c2nc(C3CC3)cc(C(=O)NC[C@H]3CCCN(C(C)C)C3)c12. The van der Waals surface area contributed by atoms with Crippen LogP contribution in [0.4, 0.5) is 0 Å². The van der Waals surface area contributed by atoms with Gasteiger partial charge >= 0.3 is 0 Å². The molecule has 0 aromatic carbocycles. The van der Waals surface area contributed by atoms with E-state index in [-0.39, 0.29) is 5.91 Å². The Bertz CT molecular complexity index is 852. The lowest BCUT2D eigenvalue weighted by molar-refractivity contribution is 0.0924. The number of carbonyl (C=O) groups excluding carboxylic acids is 1. The van der Waals surface area contributed by atoms with E-state index in [1.165, 1.54) is 32.2 Å². The van der Waals surface area contributed by atoms with E-state index in [1.807, 2.05) is 20.0 Å². The van der Waals surface area contributed by atoms with Gasteiger partial charge in [-0.2, -0.15) is 5.10 Å². The first-order chi connectivity index (χ1) is 12.9. The van der Waals surface area contributed by atoms with Gasteiger partial charge < -0.3 is 10.2 Å². The monoisotopic (exact) mass is 369 g/mol. The van der Waals surface area contributed by atoms with E-state index in [0.717, 1.165) is 41.1 Å². The maximum atomic E-state index is 13.1. The molecule has 0 radical (unpaired) electrons. The lowest BCUT2D eigenvalue weighted by Crippen LogP contribution is -2.43. The summed E-state index contributed by atoms with van der Waals surface area (Å²) in [4.78, 5) is 20.4. The number of piperidine rings is 1. The number of aromatic nitrogens is 3. The van der Waals surface area contributed by atoms with Crippen molar-refractivity contribution in [2.75, 3.05) is 19.6 Å². The van der Waals surface area contributed by atoms with Crippen LogP contribution in [-0.2, 0) is 7.05 Å². The van der Waals surface area contributed by atoms with Crippen LogP contribution in [0, 0.1) is 12.8 Å². The van der Waals surface area contributed by atoms with E-state index in [0.29, 0.717) is 17.9 Å². The number of fused-ring (bicyclic) bond motifs is 1. The molecule has 1 saturated carbocycles. The molecule has 3 heterocycles. The second kappa shape index (κ2) is 7.23. The van der Waals surface area contributed by atoms with Crippen LogP contribution < -0.4 is 5.32 Å². The van der Waals surface area contributed by atoms with Crippen molar-refractivity contribution < 1.29 is 4.79 Å². The first-order valence-corrected chi connectivity index (χ1v) is 10.3. The third-order valence-corrected chi connectivity index (χ3v) is 6.06. The van der Waals surface area contributed by atoms with Gasteiger partial charge in [-0.15, -0.1) is 0 Å². The standard InChI is InChI=1S/C21H31N5O/c1-13(2)26-9-5-6-15(12-26)11-22-21(27)17-10-18(16-7-8-16)23-20-19(17)14(3)24-25(20)4/h10,13,15-16H,5-9,11-12H2,1-4H3,(H,22,27)/t15-/m1/s1. The van der Waals surface area contributed by atoms with Gasteiger partial charge in [0.25, 0.3) is 5.91 Å². The van der Waals surface area contributed by atoms with Crippen LogP contribution >= 0.6 is 0 Å². The van der Waals surface area contributed by atoms with Crippen LogP contribution in [0.25, 0.3) is 11.0 Å². The number of aryl methyl sites for hydroxylation is 2. The van der Waals surface area contributed by atoms with Gasteiger partial charge in [0.05, 0.1) is 16.6 Å². The lowest BCUT2D eigenvalue weighted by atomic mass is 9.96. The quantitative estimate of drug-likeness (QED) is 0.880. The van der Waals surface area contributed by atoms with Crippen LogP contribution in [0.15, 0.2) is 6.07 Å². The van der Waals surface area contributed by atoms with E-state index >= 15 is 0 Å². The van der Waals surface area contributed by atoms with Crippen LogP contribution in [0.5, 0.6) is 0 Å². The van der Waals surface area contributed by atoms with Crippen molar-refractivity contribution in [2.45, 2.75) is 58.4 Å². The molecule has 1 atom stereocenters. The Kier molecular flexibility index (Phi) is 4.93. The molecule has 1 N–H and O–H groups in total. The van der Waals surface area contributed by atoms with Crippen LogP contribution in [0.3, 0.4) is 0 Å². The fourth-order valence-electron chi connectivity index (χ4n) is 4.30. The van der Waals surface area contributed by atoms with Crippen molar-refractivity contribution in [1.82, 2.24) is 25.0 Å². The van der Waals surface area contributed by atoms with E-state index < -0.39 is 0 Å². The minimum absolute atomic E-state index is 0.0158. The zero-order valence-corrected chi connectivity index (χ0v) is 17.0. The van der Waals surface area contributed by atoms with Crippen molar-refractivity contribution in [3.8, 4) is 0 Å². The molecule has 0 unspecified atom stereocenters. The predicted octanol–water partition coefficient (Wildman–Crippen LogP) is 3.00. The van der Waals surface area contributed by atoms with Crippen LogP contribution in [0.1, 0.15) is 67.2 Å². The van der Waals surface area contributed by atoms with Gasteiger partial charge in [-0.05, 0) is 65.0 Å². The molecule has 27 heavy (non-hydrogen) atoms. The Hall–Kier alpha value is -1.95. The first kappa shape index (κ1) is 18.4. The van der Waals surface area contributed by atoms with Crippen molar-refractivity contribution in [2.24, 2.45) is 13.0 Å². The van der Waals surface area contributed by atoms with E-state index in [4.69, 9.17) is 4.98 Å². The molecular weight excluding hydrogens is 338 g/mol. The fraction of sp³-hybridized carbons (Fsp3) is 0.667. The van der Waals surface area contributed by atoms with Crippen molar-refractivity contribution in [3.05, 3.63) is 23.0 Å². The number of likely N-dealkylation sites (tertiary alicyclic amines) is 1. The molecule has 1 aliphatic carbocycles. The largest absolute Gasteiger partial charge is 0.352 e. The second-order valence-corrected chi connectivity index (χ2v) is 8.58. The summed E-state index contributed by atoms with van der Waals surface area (Å²) in [5, 5.41) is 8.61. The number of nitrogens with zero attached hydrogens (tertiary/aromatic N) is 4. The molecule has 0 spiro atoms. The second-order valence-electron chi connectivity index (χ2n) is 8.58. The summed E-state index contributed by atoms with van der Waals surface area (Å²) in [7, 11) is 1.91. The van der Waals surface area contributed by atoms with Crippen LogP contribution in [0.2, 0.25) is 0 Å². The highest BCUT2D eigenvalue weighted by atomic mass is 16.1. The first-order valence-electron chi connectivity index (χ1n) is 10.3. The molecule has 2 aromatic heterocycles. The molecule has 1 saturated heterocycles.